The van der Waals surface area contributed by atoms with E-state index >= 15 is 0 Å². The molecule has 2 unspecified atom stereocenters. The Morgan fingerprint density at radius 1 is 1.42 bits per heavy atom. The van der Waals surface area contributed by atoms with Gasteiger partial charge in [0.15, 0.2) is 0 Å². The van der Waals surface area contributed by atoms with Crippen LogP contribution >= 0.6 is 11.6 Å². The zero-order chi connectivity index (χ0) is 8.72. The SMILES string of the molecule is Cc1cccc2c1C(C)CC2Cl. The van der Waals surface area contributed by atoms with Gasteiger partial charge in [0.2, 0.25) is 0 Å². The Balaban J connectivity index is 2.59. The van der Waals surface area contributed by atoms with Gasteiger partial charge in [-0.25, -0.2) is 0 Å². The van der Waals surface area contributed by atoms with Crippen LogP contribution in [0.1, 0.15) is 41.3 Å². The molecule has 1 aromatic rings. The molecule has 0 amide bonds. The first kappa shape index (κ1) is 8.12. The molecular formula is C11H13Cl. The summed E-state index contributed by atoms with van der Waals surface area (Å²) in [6, 6.07) is 6.43. The lowest BCUT2D eigenvalue weighted by atomic mass is 9.98. The van der Waals surface area contributed by atoms with Crippen LogP contribution in [0.5, 0.6) is 0 Å². The summed E-state index contributed by atoms with van der Waals surface area (Å²) >= 11 is 6.21. The first-order valence-electron chi connectivity index (χ1n) is 4.43. The number of benzene rings is 1. The summed E-state index contributed by atoms with van der Waals surface area (Å²) in [5.74, 6) is 0.642. The quantitative estimate of drug-likeness (QED) is 0.533. The molecule has 0 bridgehead atoms. The van der Waals surface area contributed by atoms with E-state index < -0.39 is 0 Å². The first-order chi connectivity index (χ1) is 5.70. The molecular weight excluding hydrogens is 168 g/mol. The molecule has 1 aliphatic rings. The van der Waals surface area contributed by atoms with Gasteiger partial charge >= 0.3 is 0 Å². The van der Waals surface area contributed by atoms with E-state index in [1.54, 1.807) is 0 Å². The molecule has 0 spiro atoms. The number of rotatable bonds is 0. The highest BCUT2D eigenvalue weighted by Gasteiger charge is 2.27. The second kappa shape index (κ2) is 2.77. The lowest BCUT2D eigenvalue weighted by Crippen LogP contribution is -1.90. The smallest absolute Gasteiger partial charge is 0.0593 e. The fraction of sp³-hybridized carbons (Fsp3) is 0.455. The van der Waals surface area contributed by atoms with Crippen molar-refractivity contribution < 1.29 is 0 Å². The Kier molecular flexibility index (Phi) is 1.88. The molecule has 0 saturated heterocycles. The highest BCUT2D eigenvalue weighted by Crippen LogP contribution is 2.44. The van der Waals surface area contributed by atoms with Crippen LogP contribution in [0.2, 0.25) is 0 Å². The van der Waals surface area contributed by atoms with E-state index in [9.17, 15) is 0 Å². The summed E-state index contributed by atoms with van der Waals surface area (Å²) in [5, 5.41) is 0.245. The number of hydrogen-bond donors (Lipinski definition) is 0. The Morgan fingerprint density at radius 3 is 2.83 bits per heavy atom. The highest BCUT2D eigenvalue weighted by atomic mass is 35.5. The van der Waals surface area contributed by atoms with Crippen LogP contribution in [-0.2, 0) is 0 Å². The number of aryl methyl sites for hydroxylation is 1. The average molecular weight is 181 g/mol. The van der Waals surface area contributed by atoms with E-state index in [2.05, 4.69) is 32.0 Å². The second-order valence-corrected chi connectivity index (χ2v) is 4.21. The van der Waals surface area contributed by atoms with Crippen molar-refractivity contribution >= 4 is 11.6 Å². The van der Waals surface area contributed by atoms with Gasteiger partial charge in [0.1, 0.15) is 0 Å². The van der Waals surface area contributed by atoms with Gasteiger partial charge in [-0.1, -0.05) is 25.1 Å². The monoisotopic (exact) mass is 180 g/mol. The van der Waals surface area contributed by atoms with Crippen LogP contribution in [-0.4, -0.2) is 0 Å². The van der Waals surface area contributed by atoms with E-state index in [1.807, 2.05) is 0 Å². The van der Waals surface area contributed by atoms with Crippen LogP contribution in [0.15, 0.2) is 18.2 Å². The molecule has 1 aliphatic carbocycles. The van der Waals surface area contributed by atoms with Crippen molar-refractivity contribution in [1.82, 2.24) is 0 Å². The average Bonchev–Trinajstić information content (AvgIpc) is 2.29. The summed E-state index contributed by atoms with van der Waals surface area (Å²) in [6.07, 6.45) is 1.10. The van der Waals surface area contributed by atoms with E-state index in [1.165, 1.54) is 16.7 Å². The van der Waals surface area contributed by atoms with Crippen LogP contribution < -0.4 is 0 Å². The minimum absolute atomic E-state index is 0.245. The summed E-state index contributed by atoms with van der Waals surface area (Å²) in [5.41, 5.74) is 4.23. The van der Waals surface area contributed by atoms with E-state index in [4.69, 9.17) is 11.6 Å². The van der Waals surface area contributed by atoms with Crippen molar-refractivity contribution in [3.8, 4) is 0 Å². The molecule has 0 aliphatic heterocycles. The molecule has 0 fully saturated rings. The zero-order valence-corrected chi connectivity index (χ0v) is 8.23. The number of alkyl halides is 1. The lowest BCUT2D eigenvalue weighted by Gasteiger charge is -2.07. The normalized spacial score (nSPS) is 27.2. The Morgan fingerprint density at radius 2 is 2.17 bits per heavy atom. The van der Waals surface area contributed by atoms with Crippen LogP contribution in [0.4, 0.5) is 0 Å². The molecule has 2 rings (SSSR count). The fourth-order valence-electron chi connectivity index (χ4n) is 2.20. The molecule has 1 heteroatoms. The predicted octanol–water partition coefficient (Wildman–Crippen LogP) is 3.78. The highest BCUT2D eigenvalue weighted by molar-refractivity contribution is 6.21. The number of halogens is 1. The van der Waals surface area contributed by atoms with Crippen molar-refractivity contribution in [2.75, 3.05) is 0 Å². The Labute approximate surface area is 78.6 Å². The van der Waals surface area contributed by atoms with Gasteiger partial charge in [-0.05, 0) is 36.0 Å². The molecule has 12 heavy (non-hydrogen) atoms. The summed E-state index contributed by atoms with van der Waals surface area (Å²) in [6.45, 7) is 4.43. The summed E-state index contributed by atoms with van der Waals surface area (Å²) < 4.78 is 0. The summed E-state index contributed by atoms with van der Waals surface area (Å²) in [4.78, 5) is 0. The van der Waals surface area contributed by atoms with Crippen molar-refractivity contribution in [2.24, 2.45) is 0 Å². The maximum atomic E-state index is 6.21. The van der Waals surface area contributed by atoms with Gasteiger partial charge in [-0.2, -0.15) is 0 Å². The maximum Gasteiger partial charge on any atom is 0.0593 e. The maximum absolute atomic E-state index is 6.21. The van der Waals surface area contributed by atoms with Crippen molar-refractivity contribution in [2.45, 2.75) is 31.6 Å². The molecule has 1 aromatic carbocycles. The predicted molar refractivity (Wildman–Crippen MR) is 52.8 cm³/mol. The third kappa shape index (κ3) is 1.06. The van der Waals surface area contributed by atoms with Crippen LogP contribution in [0.25, 0.3) is 0 Å². The molecule has 64 valence electrons. The van der Waals surface area contributed by atoms with Gasteiger partial charge in [0, 0.05) is 0 Å². The van der Waals surface area contributed by atoms with E-state index in [0.717, 1.165) is 6.42 Å². The third-order valence-corrected chi connectivity index (χ3v) is 3.16. The van der Waals surface area contributed by atoms with Gasteiger partial charge in [-0.3, -0.25) is 0 Å². The molecule has 2 atom stereocenters. The first-order valence-corrected chi connectivity index (χ1v) is 4.87. The standard InChI is InChI=1S/C11H13Cl/c1-7-4-3-5-9-10(12)6-8(2)11(7)9/h3-5,8,10H,6H2,1-2H3. The summed E-state index contributed by atoms with van der Waals surface area (Å²) in [7, 11) is 0. The van der Waals surface area contributed by atoms with Gasteiger partial charge in [0.25, 0.3) is 0 Å². The Hall–Kier alpha value is -0.490. The second-order valence-electron chi connectivity index (χ2n) is 3.68. The molecule has 0 N–H and O–H groups in total. The van der Waals surface area contributed by atoms with E-state index in [0.29, 0.717) is 5.92 Å². The van der Waals surface area contributed by atoms with Crippen LogP contribution in [0, 0.1) is 6.92 Å². The minimum atomic E-state index is 0.245. The van der Waals surface area contributed by atoms with Crippen molar-refractivity contribution in [1.29, 1.82) is 0 Å². The largest absolute Gasteiger partial charge is 0.118 e. The number of fused-ring (bicyclic) bond motifs is 1. The molecule has 0 radical (unpaired) electrons. The van der Waals surface area contributed by atoms with Gasteiger partial charge in [0.05, 0.1) is 5.38 Å². The Bertz CT molecular complexity index is 304. The van der Waals surface area contributed by atoms with Crippen molar-refractivity contribution in [3.05, 3.63) is 34.9 Å². The molecule has 0 aromatic heterocycles. The fourth-order valence-corrected chi connectivity index (χ4v) is 2.66. The van der Waals surface area contributed by atoms with Crippen LogP contribution in [0.3, 0.4) is 0 Å². The minimum Gasteiger partial charge on any atom is -0.118 e. The van der Waals surface area contributed by atoms with E-state index in [-0.39, 0.29) is 5.38 Å². The number of hydrogen-bond acceptors (Lipinski definition) is 0. The molecule has 0 heterocycles. The van der Waals surface area contributed by atoms with Gasteiger partial charge < -0.3 is 0 Å². The lowest BCUT2D eigenvalue weighted by molar-refractivity contribution is 0.730. The van der Waals surface area contributed by atoms with Gasteiger partial charge in [-0.15, -0.1) is 11.6 Å². The molecule has 0 nitrogen and oxygen atoms in total. The third-order valence-electron chi connectivity index (χ3n) is 2.75. The van der Waals surface area contributed by atoms with Crippen molar-refractivity contribution in [3.63, 3.8) is 0 Å². The zero-order valence-electron chi connectivity index (χ0n) is 7.47. The molecule has 0 saturated carbocycles. The topological polar surface area (TPSA) is 0 Å².